The molecule has 0 atom stereocenters. The Labute approximate surface area is 169 Å². The molecule has 28 heavy (non-hydrogen) atoms. The number of benzene rings is 2. The summed E-state index contributed by atoms with van der Waals surface area (Å²) < 4.78 is 5.12. The van der Waals surface area contributed by atoms with E-state index in [2.05, 4.69) is 5.32 Å². The van der Waals surface area contributed by atoms with Crippen LogP contribution in [0.15, 0.2) is 54.2 Å². The van der Waals surface area contributed by atoms with Gasteiger partial charge in [-0.3, -0.25) is 9.59 Å². The predicted molar refractivity (Wildman–Crippen MR) is 110 cm³/mol. The topological polar surface area (TPSA) is 58.6 Å². The first-order valence-electron chi connectivity index (χ1n) is 9.29. The Balaban J connectivity index is 1.84. The molecule has 5 nitrogen and oxygen atoms in total. The fourth-order valence-electron chi connectivity index (χ4n) is 3.08. The SMILES string of the molecule is COc1ccc(C(=O)NC(=Cc2ccc(Cl)cc2)C(=O)N2CCCCC2)cc1. The van der Waals surface area contributed by atoms with Crippen LogP contribution in [0.3, 0.4) is 0 Å². The van der Waals surface area contributed by atoms with E-state index in [0.29, 0.717) is 29.4 Å². The maximum Gasteiger partial charge on any atom is 0.270 e. The van der Waals surface area contributed by atoms with Crippen LogP contribution in [0.2, 0.25) is 5.02 Å². The fourth-order valence-corrected chi connectivity index (χ4v) is 3.21. The van der Waals surface area contributed by atoms with Gasteiger partial charge >= 0.3 is 0 Å². The van der Waals surface area contributed by atoms with Crippen LogP contribution in [0.1, 0.15) is 35.2 Å². The highest BCUT2D eigenvalue weighted by molar-refractivity contribution is 6.30. The van der Waals surface area contributed by atoms with Crippen molar-refractivity contribution in [1.29, 1.82) is 0 Å². The van der Waals surface area contributed by atoms with Crippen molar-refractivity contribution in [3.05, 3.63) is 70.4 Å². The summed E-state index contributed by atoms with van der Waals surface area (Å²) in [4.78, 5) is 27.5. The van der Waals surface area contributed by atoms with Crippen molar-refractivity contribution in [2.75, 3.05) is 20.2 Å². The molecular weight excluding hydrogens is 376 g/mol. The summed E-state index contributed by atoms with van der Waals surface area (Å²) in [7, 11) is 1.57. The molecular formula is C22H23ClN2O3. The minimum atomic E-state index is -0.340. The number of nitrogens with zero attached hydrogens (tertiary/aromatic N) is 1. The van der Waals surface area contributed by atoms with E-state index in [1.54, 1.807) is 54.5 Å². The molecule has 146 valence electrons. The molecule has 2 aromatic rings. The first-order valence-corrected chi connectivity index (χ1v) is 9.66. The van der Waals surface area contributed by atoms with Crippen molar-refractivity contribution in [3.63, 3.8) is 0 Å². The van der Waals surface area contributed by atoms with E-state index in [1.807, 2.05) is 12.1 Å². The molecule has 1 fully saturated rings. The zero-order valence-electron chi connectivity index (χ0n) is 15.8. The first kappa shape index (κ1) is 20.0. The molecule has 2 aromatic carbocycles. The Kier molecular flexibility index (Phi) is 6.71. The van der Waals surface area contributed by atoms with Gasteiger partial charge in [-0.2, -0.15) is 0 Å². The van der Waals surface area contributed by atoms with Gasteiger partial charge in [0.15, 0.2) is 0 Å². The van der Waals surface area contributed by atoms with Crippen LogP contribution in [0, 0.1) is 0 Å². The lowest BCUT2D eigenvalue weighted by atomic mass is 10.1. The highest BCUT2D eigenvalue weighted by Crippen LogP contribution is 2.17. The summed E-state index contributed by atoms with van der Waals surface area (Å²) >= 11 is 5.95. The molecule has 0 aromatic heterocycles. The number of nitrogens with one attached hydrogen (secondary N) is 1. The van der Waals surface area contributed by atoms with E-state index in [4.69, 9.17) is 16.3 Å². The van der Waals surface area contributed by atoms with Gasteiger partial charge in [0.1, 0.15) is 11.4 Å². The number of halogens is 1. The van der Waals surface area contributed by atoms with E-state index in [0.717, 1.165) is 24.8 Å². The third-order valence-corrected chi connectivity index (χ3v) is 4.91. The van der Waals surface area contributed by atoms with Crippen molar-refractivity contribution in [3.8, 4) is 5.75 Å². The van der Waals surface area contributed by atoms with Crippen LogP contribution in [0.25, 0.3) is 6.08 Å². The summed E-state index contributed by atoms with van der Waals surface area (Å²) in [6.45, 7) is 1.41. The summed E-state index contributed by atoms with van der Waals surface area (Å²) in [5, 5.41) is 3.40. The second kappa shape index (κ2) is 9.42. The maximum absolute atomic E-state index is 13.0. The van der Waals surface area contributed by atoms with Crippen molar-refractivity contribution >= 4 is 29.5 Å². The molecule has 1 aliphatic heterocycles. The standard InChI is InChI=1S/C22H23ClN2O3/c1-28-19-11-7-17(8-12-19)21(26)24-20(15-16-5-9-18(23)10-6-16)22(27)25-13-3-2-4-14-25/h5-12,15H,2-4,13-14H2,1H3,(H,24,26). The van der Waals surface area contributed by atoms with Gasteiger partial charge in [0.25, 0.3) is 11.8 Å². The lowest BCUT2D eigenvalue weighted by Gasteiger charge is -2.27. The van der Waals surface area contributed by atoms with Crippen molar-refractivity contribution in [2.45, 2.75) is 19.3 Å². The van der Waals surface area contributed by atoms with Gasteiger partial charge in [-0.1, -0.05) is 23.7 Å². The molecule has 2 amide bonds. The van der Waals surface area contributed by atoms with Crippen molar-refractivity contribution in [2.24, 2.45) is 0 Å². The fraction of sp³-hybridized carbons (Fsp3) is 0.273. The molecule has 0 unspecified atom stereocenters. The molecule has 1 aliphatic rings. The van der Waals surface area contributed by atoms with Gasteiger partial charge in [-0.25, -0.2) is 0 Å². The van der Waals surface area contributed by atoms with Crippen LogP contribution < -0.4 is 10.1 Å². The second-order valence-electron chi connectivity index (χ2n) is 6.65. The number of likely N-dealkylation sites (tertiary alicyclic amines) is 1. The van der Waals surface area contributed by atoms with Crippen LogP contribution in [0.4, 0.5) is 0 Å². The van der Waals surface area contributed by atoms with E-state index in [1.165, 1.54) is 0 Å². The normalized spacial score (nSPS) is 14.5. The summed E-state index contributed by atoms with van der Waals surface area (Å²) in [6, 6.07) is 13.9. The van der Waals surface area contributed by atoms with E-state index < -0.39 is 0 Å². The highest BCUT2D eigenvalue weighted by Gasteiger charge is 2.22. The van der Waals surface area contributed by atoms with Gasteiger partial charge in [-0.15, -0.1) is 0 Å². The molecule has 0 aliphatic carbocycles. The van der Waals surface area contributed by atoms with Crippen molar-refractivity contribution < 1.29 is 14.3 Å². The monoisotopic (exact) mass is 398 g/mol. The summed E-state index contributed by atoms with van der Waals surface area (Å²) in [5.41, 5.74) is 1.50. The Hall–Kier alpha value is -2.79. The molecule has 1 heterocycles. The van der Waals surface area contributed by atoms with E-state index in [-0.39, 0.29) is 17.5 Å². The molecule has 0 radical (unpaired) electrons. The van der Waals surface area contributed by atoms with Gasteiger partial charge in [0.05, 0.1) is 7.11 Å². The third kappa shape index (κ3) is 5.14. The first-order chi connectivity index (χ1) is 13.6. The van der Waals surface area contributed by atoms with E-state index in [9.17, 15) is 9.59 Å². The quantitative estimate of drug-likeness (QED) is 0.770. The Morgan fingerprint density at radius 1 is 1.00 bits per heavy atom. The highest BCUT2D eigenvalue weighted by atomic mass is 35.5. The number of amides is 2. The Morgan fingerprint density at radius 2 is 1.64 bits per heavy atom. The summed E-state index contributed by atoms with van der Waals surface area (Å²) in [6.07, 6.45) is 4.77. The van der Waals surface area contributed by atoms with Crippen molar-refractivity contribution in [1.82, 2.24) is 10.2 Å². The molecule has 3 rings (SSSR count). The summed E-state index contributed by atoms with van der Waals surface area (Å²) in [5.74, 6) is 0.155. The van der Waals surface area contributed by atoms with Gasteiger partial charge < -0.3 is 15.0 Å². The smallest absolute Gasteiger partial charge is 0.270 e. The number of ether oxygens (including phenoxy) is 1. The molecule has 1 saturated heterocycles. The largest absolute Gasteiger partial charge is 0.497 e. The zero-order chi connectivity index (χ0) is 19.9. The molecule has 0 spiro atoms. The van der Waals surface area contributed by atoms with Gasteiger partial charge in [0, 0.05) is 23.7 Å². The average Bonchev–Trinajstić information content (AvgIpc) is 2.75. The number of hydrogen-bond acceptors (Lipinski definition) is 3. The molecule has 1 N–H and O–H groups in total. The predicted octanol–water partition coefficient (Wildman–Crippen LogP) is 4.13. The number of piperidine rings is 1. The minimum Gasteiger partial charge on any atom is -0.497 e. The lowest BCUT2D eigenvalue weighted by molar-refractivity contribution is -0.128. The van der Waals surface area contributed by atoms with E-state index >= 15 is 0 Å². The lowest BCUT2D eigenvalue weighted by Crippen LogP contribution is -2.41. The molecule has 6 heteroatoms. The minimum absolute atomic E-state index is 0.170. The zero-order valence-corrected chi connectivity index (χ0v) is 16.5. The molecule has 0 saturated carbocycles. The second-order valence-corrected chi connectivity index (χ2v) is 7.08. The maximum atomic E-state index is 13.0. The number of carbonyl (C=O) groups is 2. The Bertz CT molecular complexity index is 854. The van der Waals surface area contributed by atoms with Gasteiger partial charge in [-0.05, 0) is 67.3 Å². The van der Waals surface area contributed by atoms with Gasteiger partial charge in [0.2, 0.25) is 0 Å². The average molecular weight is 399 g/mol. The Morgan fingerprint density at radius 3 is 2.25 bits per heavy atom. The number of hydrogen-bond donors (Lipinski definition) is 1. The van der Waals surface area contributed by atoms with Crippen LogP contribution in [-0.4, -0.2) is 36.9 Å². The number of rotatable bonds is 5. The van der Waals surface area contributed by atoms with Crippen LogP contribution in [0.5, 0.6) is 5.75 Å². The number of carbonyl (C=O) groups excluding carboxylic acids is 2. The van der Waals surface area contributed by atoms with Crippen LogP contribution >= 0.6 is 11.6 Å². The third-order valence-electron chi connectivity index (χ3n) is 4.66. The molecule has 0 bridgehead atoms. The number of methoxy groups -OCH3 is 1. The van der Waals surface area contributed by atoms with Crippen LogP contribution in [-0.2, 0) is 4.79 Å².